The molecule has 1 atom stereocenters. The fourth-order valence-corrected chi connectivity index (χ4v) is 0.905. The van der Waals surface area contributed by atoms with Crippen LogP contribution in [0.4, 0.5) is 0 Å². The molecule has 0 amide bonds. The topological polar surface area (TPSA) is 26.3 Å². The number of carbonyl (C=O) groups is 1. The second-order valence-corrected chi connectivity index (χ2v) is 2.13. The summed E-state index contributed by atoms with van der Waals surface area (Å²) < 4.78 is 5.05. The van der Waals surface area contributed by atoms with Crippen molar-refractivity contribution in [2.45, 2.75) is 12.8 Å². The van der Waals surface area contributed by atoms with E-state index in [1.807, 2.05) is 0 Å². The van der Waals surface area contributed by atoms with Gasteiger partial charge in [-0.1, -0.05) is 0 Å². The minimum absolute atomic E-state index is 0.521. The van der Waals surface area contributed by atoms with E-state index in [0.717, 1.165) is 25.9 Å². The third kappa shape index (κ3) is 1.30. The summed E-state index contributed by atoms with van der Waals surface area (Å²) in [4.78, 5) is 9.91. The Morgan fingerprint density at radius 2 is 2.62 bits per heavy atom. The molecule has 2 heteroatoms. The molecule has 0 aromatic heterocycles. The van der Waals surface area contributed by atoms with E-state index >= 15 is 0 Å². The van der Waals surface area contributed by atoms with Gasteiger partial charge < -0.3 is 9.53 Å². The molecule has 1 aliphatic rings. The highest BCUT2D eigenvalue weighted by atomic mass is 16.5. The second-order valence-electron chi connectivity index (χ2n) is 2.13. The summed E-state index contributed by atoms with van der Waals surface area (Å²) in [5, 5.41) is 0. The van der Waals surface area contributed by atoms with Gasteiger partial charge >= 0.3 is 0 Å². The number of hydrogen-bond donors (Lipinski definition) is 0. The van der Waals surface area contributed by atoms with Crippen molar-refractivity contribution in [1.29, 1.82) is 0 Å². The molecule has 0 saturated carbocycles. The van der Waals surface area contributed by atoms with Crippen LogP contribution >= 0.6 is 0 Å². The van der Waals surface area contributed by atoms with Crippen molar-refractivity contribution in [2.24, 2.45) is 5.92 Å². The molecule has 2 nitrogen and oxygen atoms in total. The highest BCUT2D eigenvalue weighted by molar-refractivity contribution is 5.49. The number of aldehydes is 1. The molecule has 1 rings (SSSR count). The number of hydrogen-bond acceptors (Lipinski definition) is 2. The zero-order chi connectivity index (χ0) is 5.82. The molecule has 1 aliphatic heterocycles. The van der Waals surface area contributed by atoms with E-state index in [4.69, 9.17) is 4.74 Å². The van der Waals surface area contributed by atoms with Crippen LogP contribution in [0.5, 0.6) is 0 Å². The molecule has 0 aliphatic carbocycles. The molecule has 0 radical (unpaired) electrons. The van der Waals surface area contributed by atoms with Crippen LogP contribution in [0.15, 0.2) is 0 Å². The minimum atomic E-state index is 0.521. The monoisotopic (exact) mass is 114 g/mol. The predicted octanol–water partition coefficient (Wildman–Crippen LogP) is 0.612. The molecule has 0 unspecified atom stereocenters. The van der Waals surface area contributed by atoms with Gasteiger partial charge in [-0.15, -0.1) is 0 Å². The minimum Gasteiger partial charge on any atom is -0.381 e. The third-order valence-electron chi connectivity index (χ3n) is 1.45. The lowest BCUT2D eigenvalue weighted by atomic mass is 10.1. The highest BCUT2D eigenvalue weighted by Gasteiger charge is 2.13. The Morgan fingerprint density at radius 3 is 3.12 bits per heavy atom. The van der Waals surface area contributed by atoms with Crippen molar-refractivity contribution in [1.82, 2.24) is 0 Å². The van der Waals surface area contributed by atoms with Gasteiger partial charge in [-0.2, -0.15) is 0 Å². The van der Waals surface area contributed by atoms with Gasteiger partial charge in [0.1, 0.15) is 6.29 Å². The maximum absolute atomic E-state index is 9.91. The Kier molecular flexibility index (Phi) is 2.03. The summed E-state index contributed by atoms with van der Waals surface area (Å²) in [7, 11) is 0. The van der Waals surface area contributed by atoms with Crippen LogP contribution in [0.2, 0.25) is 0 Å². The average Bonchev–Trinajstić information content (AvgIpc) is 2.19. The largest absolute Gasteiger partial charge is 0.381 e. The fourth-order valence-electron chi connectivity index (χ4n) is 0.905. The summed E-state index contributed by atoms with van der Waals surface area (Å²) in [5.74, 6) is 0.521. The average molecular weight is 114 g/mol. The normalized spacial score (nSPS) is 28.2. The van der Waals surface area contributed by atoms with Gasteiger partial charge in [-0.25, -0.2) is 0 Å². The standard InChI is InChI=1S/C6H10O2/c7-3-1-6-2-4-8-5-6/h3,6H,1-2,4-5H2/t6-/m1/s1. The van der Waals surface area contributed by atoms with Gasteiger partial charge in [-0.05, 0) is 12.3 Å². The summed E-state index contributed by atoms with van der Waals surface area (Å²) in [6.07, 6.45) is 2.72. The molecule has 0 aromatic carbocycles. The highest BCUT2D eigenvalue weighted by Crippen LogP contribution is 2.13. The van der Waals surface area contributed by atoms with Crippen molar-refractivity contribution in [3.8, 4) is 0 Å². The SMILES string of the molecule is O=CC[C@@H]1CCOC1. The number of rotatable bonds is 2. The lowest BCUT2D eigenvalue weighted by Crippen LogP contribution is -1.98. The van der Waals surface area contributed by atoms with Gasteiger partial charge in [0.15, 0.2) is 0 Å². The molecule has 1 saturated heterocycles. The summed E-state index contributed by atoms with van der Waals surface area (Å²) in [5.41, 5.74) is 0. The third-order valence-corrected chi connectivity index (χ3v) is 1.45. The molecule has 8 heavy (non-hydrogen) atoms. The van der Waals surface area contributed by atoms with E-state index in [-0.39, 0.29) is 0 Å². The summed E-state index contributed by atoms with van der Waals surface area (Å²) in [6.45, 7) is 1.64. The summed E-state index contributed by atoms with van der Waals surface area (Å²) in [6, 6.07) is 0. The fraction of sp³-hybridized carbons (Fsp3) is 0.833. The first-order valence-corrected chi connectivity index (χ1v) is 2.95. The lowest BCUT2D eigenvalue weighted by molar-refractivity contribution is -0.108. The molecular weight excluding hydrogens is 104 g/mol. The molecule has 1 fully saturated rings. The van der Waals surface area contributed by atoms with Gasteiger partial charge in [0.25, 0.3) is 0 Å². The van der Waals surface area contributed by atoms with Crippen molar-refractivity contribution >= 4 is 6.29 Å². The van der Waals surface area contributed by atoms with E-state index in [9.17, 15) is 4.79 Å². The Bertz CT molecular complexity index is 74.6. The van der Waals surface area contributed by atoms with Crippen LogP contribution in [-0.2, 0) is 9.53 Å². The van der Waals surface area contributed by atoms with E-state index in [0.29, 0.717) is 12.3 Å². The lowest BCUT2D eigenvalue weighted by Gasteiger charge is -1.96. The van der Waals surface area contributed by atoms with E-state index in [1.54, 1.807) is 0 Å². The quantitative estimate of drug-likeness (QED) is 0.492. The van der Waals surface area contributed by atoms with Gasteiger partial charge in [0.2, 0.25) is 0 Å². The molecule has 46 valence electrons. The van der Waals surface area contributed by atoms with Crippen LogP contribution in [-0.4, -0.2) is 19.5 Å². The zero-order valence-corrected chi connectivity index (χ0v) is 4.80. The Balaban J connectivity index is 2.14. The van der Waals surface area contributed by atoms with Crippen LogP contribution in [0, 0.1) is 5.92 Å². The first-order chi connectivity index (χ1) is 3.93. The molecule has 1 heterocycles. The number of carbonyl (C=O) groups excluding carboxylic acids is 1. The van der Waals surface area contributed by atoms with Crippen molar-refractivity contribution < 1.29 is 9.53 Å². The first kappa shape index (κ1) is 5.76. The molecule has 0 N–H and O–H groups in total. The first-order valence-electron chi connectivity index (χ1n) is 2.95. The van der Waals surface area contributed by atoms with Crippen LogP contribution in [0.25, 0.3) is 0 Å². The van der Waals surface area contributed by atoms with Gasteiger partial charge in [0.05, 0.1) is 0 Å². The van der Waals surface area contributed by atoms with E-state index in [2.05, 4.69) is 0 Å². The maximum Gasteiger partial charge on any atom is 0.120 e. The Morgan fingerprint density at radius 1 is 1.75 bits per heavy atom. The smallest absolute Gasteiger partial charge is 0.120 e. The van der Waals surface area contributed by atoms with Gasteiger partial charge in [0, 0.05) is 19.6 Å². The molecule has 0 spiro atoms. The van der Waals surface area contributed by atoms with Crippen LogP contribution in [0.1, 0.15) is 12.8 Å². The van der Waals surface area contributed by atoms with Crippen molar-refractivity contribution in [3.63, 3.8) is 0 Å². The molecular formula is C6H10O2. The van der Waals surface area contributed by atoms with E-state index < -0.39 is 0 Å². The van der Waals surface area contributed by atoms with Gasteiger partial charge in [-0.3, -0.25) is 0 Å². The van der Waals surface area contributed by atoms with Crippen LogP contribution in [0.3, 0.4) is 0 Å². The Hall–Kier alpha value is -0.370. The maximum atomic E-state index is 9.91. The predicted molar refractivity (Wildman–Crippen MR) is 29.6 cm³/mol. The zero-order valence-electron chi connectivity index (χ0n) is 4.80. The Labute approximate surface area is 48.8 Å². The second kappa shape index (κ2) is 2.82. The van der Waals surface area contributed by atoms with Crippen LogP contribution < -0.4 is 0 Å². The molecule has 0 bridgehead atoms. The molecule has 0 aromatic rings. The van der Waals surface area contributed by atoms with E-state index in [1.165, 1.54) is 0 Å². The van der Waals surface area contributed by atoms with Crippen molar-refractivity contribution in [2.75, 3.05) is 13.2 Å². The summed E-state index contributed by atoms with van der Waals surface area (Å²) >= 11 is 0. The number of ether oxygens (including phenoxy) is 1. The van der Waals surface area contributed by atoms with Crippen molar-refractivity contribution in [3.05, 3.63) is 0 Å².